The number of hydrogen-bond donors (Lipinski definition) is 0. The van der Waals surface area contributed by atoms with Crippen molar-refractivity contribution in [2.45, 2.75) is 84.6 Å². The predicted octanol–water partition coefficient (Wildman–Crippen LogP) is 9.70. The molecule has 1 nitrogen and oxygen atoms in total. The Morgan fingerprint density at radius 2 is 1.38 bits per heavy atom. The maximum Gasteiger partial charge on any atom is 0.126 e. The number of benzene rings is 4. The first-order valence-corrected chi connectivity index (χ1v) is 16.9. The second-order valence-corrected chi connectivity index (χ2v) is 14.9. The van der Waals surface area contributed by atoms with E-state index in [2.05, 4.69) is 139 Å². The minimum absolute atomic E-state index is 0.00869. The van der Waals surface area contributed by atoms with Crippen LogP contribution < -0.4 is 15.3 Å². The molecule has 0 N–H and O–H groups in total. The molecular formula is C37H46OP2. The zero-order valence-corrected chi connectivity index (χ0v) is 27.4. The Bertz CT molecular complexity index is 1380. The number of ether oxygens (including phenoxy) is 1. The van der Waals surface area contributed by atoms with E-state index in [1.807, 2.05) is 0 Å². The molecule has 4 aromatic carbocycles. The molecule has 0 bridgehead atoms. The summed E-state index contributed by atoms with van der Waals surface area (Å²) in [6, 6.07) is 33.2. The summed E-state index contributed by atoms with van der Waals surface area (Å²) in [4.78, 5) is 0. The smallest absolute Gasteiger partial charge is 0.126 e. The second kappa shape index (κ2) is 13.5. The molecule has 210 valence electrons. The highest BCUT2D eigenvalue weighted by molar-refractivity contribution is 7.49. The van der Waals surface area contributed by atoms with E-state index in [4.69, 9.17) is 4.74 Å². The summed E-state index contributed by atoms with van der Waals surface area (Å²) in [5, 5.41) is 2.98. The number of rotatable bonds is 11. The highest BCUT2D eigenvalue weighted by atomic mass is 31.1. The van der Waals surface area contributed by atoms with Crippen molar-refractivity contribution in [3.8, 4) is 5.75 Å². The van der Waals surface area contributed by atoms with Crippen molar-refractivity contribution in [3.05, 3.63) is 124 Å². The Hall–Kier alpha value is -2.46. The molecule has 0 saturated heterocycles. The molecule has 4 rings (SSSR count). The van der Waals surface area contributed by atoms with Gasteiger partial charge in [0.15, 0.2) is 0 Å². The summed E-state index contributed by atoms with van der Waals surface area (Å²) >= 11 is 0. The fourth-order valence-corrected chi connectivity index (χ4v) is 8.47. The minimum atomic E-state index is 0.00869. The molecule has 0 aliphatic rings. The van der Waals surface area contributed by atoms with Gasteiger partial charge in [0.05, 0.1) is 0 Å². The van der Waals surface area contributed by atoms with E-state index in [9.17, 15) is 0 Å². The first-order chi connectivity index (χ1) is 19.2. The Labute approximate surface area is 246 Å². The average molecular weight is 569 g/mol. The van der Waals surface area contributed by atoms with E-state index in [0.717, 1.165) is 33.3 Å². The van der Waals surface area contributed by atoms with Gasteiger partial charge in [-0.1, -0.05) is 143 Å². The third-order valence-electron chi connectivity index (χ3n) is 8.07. The topological polar surface area (TPSA) is 9.23 Å². The van der Waals surface area contributed by atoms with Gasteiger partial charge in [0.2, 0.25) is 0 Å². The first-order valence-electron chi connectivity index (χ1n) is 14.6. The van der Waals surface area contributed by atoms with Crippen LogP contribution in [0, 0.1) is 13.8 Å². The van der Waals surface area contributed by atoms with Crippen molar-refractivity contribution < 1.29 is 4.74 Å². The van der Waals surface area contributed by atoms with Crippen LogP contribution in [0.25, 0.3) is 0 Å². The Kier molecular flexibility index (Phi) is 10.3. The van der Waals surface area contributed by atoms with Crippen molar-refractivity contribution in [1.29, 1.82) is 0 Å². The molecule has 40 heavy (non-hydrogen) atoms. The van der Waals surface area contributed by atoms with Crippen molar-refractivity contribution in [1.82, 2.24) is 0 Å². The maximum absolute atomic E-state index is 6.74. The van der Waals surface area contributed by atoms with Crippen molar-refractivity contribution in [2.24, 2.45) is 0 Å². The standard InChI is InChI=1S/C37H46OP2/c1-8-37(9-2,40-35-27(3)17-16-20-30(35)26-39-32-21-14-11-15-22-32)33-24-31(36(5,6)7)23-28(4)34(33)38-25-29-18-12-10-13-19-29/h10-24,39-40H,8-9,25-26H2,1-7H3. The summed E-state index contributed by atoms with van der Waals surface area (Å²) in [6.45, 7) is 16.8. The fourth-order valence-electron chi connectivity index (χ4n) is 5.41. The highest BCUT2D eigenvalue weighted by Gasteiger charge is 2.35. The molecule has 0 saturated carbocycles. The van der Waals surface area contributed by atoms with Crippen LogP contribution in [0.2, 0.25) is 0 Å². The summed E-state index contributed by atoms with van der Waals surface area (Å²) in [6.07, 6.45) is 3.24. The molecule has 0 heterocycles. The molecule has 0 spiro atoms. The van der Waals surface area contributed by atoms with Crippen LogP contribution in [0.3, 0.4) is 0 Å². The summed E-state index contributed by atoms with van der Waals surface area (Å²) in [5.74, 6) is 1.08. The van der Waals surface area contributed by atoms with Gasteiger partial charge in [-0.05, 0) is 76.7 Å². The molecule has 0 radical (unpaired) electrons. The SMILES string of the molecule is CCC(CC)(Pc1c(C)cccc1CPc1ccccc1)c1cc(C(C)(C)C)cc(C)c1OCc1ccccc1. The summed E-state index contributed by atoms with van der Waals surface area (Å²) in [5.41, 5.74) is 8.20. The van der Waals surface area contributed by atoms with Gasteiger partial charge < -0.3 is 4.74 Å². The number of hydrogen-bond acceptors (Lipinski definition) is 1. The molecule has 2 unspecified atom stereocenters. The van der Waals surface area contributed by atoms with Crippen molar-refractivity contribution in [3.63, 3.8) is 0 Å². The minimum Gasteiger partial charge on any atom is -0.488 e. The molecule has 0 aliphatic carbocycles. The van der Waals surface area contributed by atoms with Crippen molar-refractivity contribution >= 4 is 27.8 Å². The van der Waals surface area contributed by atoms with E-state index in [0.29, 0.717) is 15.2 Å². The van der Waals surface area contributed by atoms with Crippen LogP contribution in [0.15, 0.2) is 91.0 Å². The van der Waals surface area contributed by atoms with Crippen molar-refractivity contribution in [2.75, 3.05) is 0 Å². The zero-order chi connectivity index (χ0) is 28.8. The number of aryl methyl sites for hydroxylation is 2. The van der Waals surface area contributed by atoms with Gasteiger partial charge >= 0.3 is 0 Å². The Morgan fingerprint density at radius 1 is 0.725 bits per heavy atom. The van der Waals surface area contributed by atoms with E-state index in [1.54, 1.807) is 5.30 Å². The lowest BCUT2D eigenvalue weighted by Crippen LogP contribution is -2.26. The lowest BCUT2D eigenvalue weighted by molar-refractivity contribution is 0.296. The normalized spacial score (nSPS) is 12.6. The quantitative estimate of drug-likeness (QED) is 0.164. The van der Waals surface area contributed by atoms with Gasteiger partial charge in [0, 0.05) is 10.7 Å². The van der Waals surface area contributed by atoms with Crippen LogP contribution in [0.4, 0.5) is 0 Å². The van der Waals surface area contributed by atoms with Crippen LogP contribution in [0.5, 0.6) is 5.75 Å². The maximum atomic E-state index is 6.74. The largest absolute Gasteiger partial charge is 0.488 e. The third kappa shape index (κ3) is 7.24. The second-order valence-electron chi connectivity index (χ2n) is 11.9. The predicted molar refractivity (Wildman–Crippen MR) is 180 cm³/mol. The lowest BCUT2D eigenvalue weighted by Gasteiger charge is -2.37. The Balaban J connectivity index is 1.78. The van der Waals surface area contributed by atoms with Gasteiger partial charge in [-0.2, -0.15) is 0 Å². The highest BCUT2D eigenvalue weighted by Crippen LogP contribution is 2.52. The van der Waals surface area contributed by atoms with Gasteiger partial charge in [-0.25, -0.2) is 0 Å². The van der Waals surface area contributed by atoms with E-state index in [-0.39, 0.29) is 10.6 Å². The molecule has 0 aromatic heterocycles. The van der Waals surface area contributed by atoms with E-state index in [1.165, 1.54) is 38.7 Å². The molecule has 3 heteroatoms. The van der Waals surface area contributed by atoms with Crippen LogP contribution in [-0.4, -0.2) is 0 Å². The van der Waals surface area contributed by atoms with Gasteiger partial charge in [-0.15, -0.1) is 0 Å². The van der Waals surface area contributed by atoms with Crippen LogP contribution in [-0.2, 0) is 23.3 Å². The molecule has 0 aliphatic heterocycles. The monoisotopic (exact) mass is 568 g/mol. The van der Waals surface area contributed by atoms with Crippen LogP contribution >= 0.6 is 17.2 Å². The van der Waals surface area contributed by atoms with Crippen LogP contribution in [0.1, 0.15) is 80.8 Å². The third-order valence-corrected chi connectivity index (χ3v) is 11.8. The van der Waals surface area contributed by atoms with Gasteiger partial charge in [0.1, 0.15) is 12.4 Å². The fraction of sp³-hybridized carbons (Fsp3) is 0.351. The molecule has 0 fully saturated rings. The average Bonchev–Trinajstić information content (AvgIpc) is 2.95. The molecule has 0 amide bonds. The summed E-state index contributed by atoms with van der Waals surface area (Å²) in [7, 11) is 1.46. The molecule has 4 aromatic rings. The molecular weight excluding hydrogens is 522 g/mol. The lowest BCUT2D eigenvalue weighted by atomic mass is 9.81. The first kappa shape index (κ1) is 30.5. The van der Waals surface area contributed by atoms with Gasteiger partial charge in [-0.3, -0.25) is 0 Å². The zero-order valence-electron chi connectivity index (χ0n) is 25.4. The summed E-state index contributed by atoms with van der Waals surface area (Å²) < 4.78 is 6.74. The van der Waals surface area contributed by atoms with E-state index >= 15 is 0 Å². The van der Waals surface area contributed by atoms with E-state index < -0.39 is 0 Å². The molecule has 2 atom stereocenters. The van der Waals surface area contributed by atoms with Gasteiger partial charge in [0.25, 0.3) is 0 Å². The Morgan fingerprint density at radius 3 is 2.00 bits per heavy atom.